The van der Waals surface area contributed by atoms with Gasteiger partial charge in [-0.05, 0) is 34.8 Å². The van der Waals surface area contributed by atoms with Crippen LogP contribution in [0.1, 0.15) is 43.4 Å². The molecule has 4 nitrogen and oxygen atoms in total. The summed E-state index contributed by atoms with van der Waals surface area (Å²) in [6, 6.07) is 1.96. The van der Waals surface area contributed by atoms with Crippen LogP contribution < -0.4 is 5.32 Å². The molecule has 1 aromatic rings. The van der Waals surface area contributed by atoms with E-state index in [2.05, 4.69) is 21.2 Å². The van der Waals surface area contributed by atoms with Crippen LogP contribution in [0.15, 0.2) is 15.9 Å². The fourth-order valence-corrected chi connectivity index (χ4v) is 4.09. The van der Waals surface area contributed by atoms with Crippen LogP contribution in [0.2, 0.25) is 0 Å². The van der Waals surface area contributed by atoms with Crippen molar-refractivity contribution in [1.82, 2.24) is 5.32 Å². The first-order valence-corrected chi connectivity index (χ1v) is 8.42. The summed E-state index contributed by atoms with van der Waals surface area (Å²) < 4.78 is 1.00. The van der Waals surface area contributed by atoms with Gasteiger partial charge in [0.15, 0.2) is 0 Å². The van der Waals surface area contributed by atoms with Crippen LogP contribution in [0.25, 0.3) is 0 Å². The number of aliphatic carboxylic acids is 1. The van der Waals surface area contributed by atoms with Gasteiger partial charge in [0.25, 0.3) is 0 Å². The molecule has 20 heavy (non-hydrogen) atoms. The lowest BCUT2D eigenvalue weighted by Gasteiger charge is -2.32. The van der Waals surface area contributed by atoms with Crippen molar-refractivity contribution in [3.8, 4) is 0 Å². The number of carboxylic acids is 1. The van der Waals surface area contributed by atoms with E-state index < -0.39 is 11.4 Å². The van der Waals surface area contributed by atoms with Crippen molar-refractivity contribution in [1.29, 1.82) is 0 Å². The van der Waals surface area contributed by atoms with E-state index in [1.54, 1.807) is 11.3 Å². The first-order chi connectivity index (χ1) is 9.52. The van der Waals surface area contributed by atoms with Crippen molar-refractivity contribution in [3.05, 3.63) is 20.8 Å². The fraction of sp³-hybridized carbons (Fsp3) is 0.571. The fourth-order valence-electron chi connectivity index (χ4n) is 2.70. The maximum absolute atomic E-state index is 12.0. The van der Waals surface area contributed by atoms with E-state index in [1.165, 1.54) is 0 Å². The van der Waals surface area contributed by atoms with Crippen LogP contribution in [-0.4, -0.2) is 17.0 Å². The number of carbonyl (C=O) groups excluding carboxylic acids is 1. The smallest absolute Gasteiger partial charge is 0.310 e. The zero-order valence-electron chi connectivity index (χ0n) is 11.2. The SMILES string of the molecule is O=C(CC1(C(=O)O)CCCCC1)NCc1cc(Br)cs1. The molecule has 0 radical (unpaired) electrons. The highest BCUT2D eigenvalue weighted by Crippen LogP contribution is 2.39. The maximum atomic E-state index is 12.0. The van der Waals surface area contributed by atoms with Crippen LogP contribution in [0.5, 0.6) is 0 Å². The predicted molar refractivity (Wildman–Crippen MR) is 81.6 cm³/mol. The topological polar surface area (TPSA) is 66.4 Å². The molecule has 0 spiro atoms. The molecule has 2 rings (SSSR count). The average Bonchev–Trinajstić information content (AvgIpc) is 2.83. The van der Waals surface area contributed by atoms with E-state index in [0.717, 1.165) is 28.6 Å². The van der Waals surface area contributed by atoms with E-state index >= 15 is 0 Å². The highest BCUT2D eigenvalue weighted by Gasteiger charge is 2.41. The van der Waals surface area contributed by atoms with Crippen LogP contribution in [0.3, 0.4) is 0 Å². The Bertz CT molecular complexity index is 494. The summed E-state index contributed by atoms with van der Waals surface area (Å²) in [6.45, 7) is 0.463. The molecule has 0 saturated heterocycles. The number of thiophene rings is 1. The minimum absolute atomic E-state index is 0.0921. The van der Waals surface area contributed by atoms with E-state index in [4.69, 9.17) is 0 Å². The Labute approximate surface area is 130 Å². The van der Waals surface area contributed by atoms with Crippen molar-refractivity contribution >= 4 is 39.1 Å². The first kappa shape index (κ1) is 15.5. The van der Waals surface area contributed by atoms with Gasteiger partial charge in [0.1, 0.15) is 0 Å². The van der Waals surface area contributed by atoms with Gasteiger partial charge in [-0.15, -0.1) is 11.3 Å². The second kappa shape index (κ2) is 6.72. The number of nitrogens with one attached hydrogen (secondary N) is 1. The number of amides is 1. The minimum atomic E-state index is -0.849. The highest BCUT2D eigenvalue weighted by molar-refractivity contribution is 9.10. The molecule has 1 heterocycles. The van der Waals surface area contributed by atoms with Gasteiger partial charge in [-0.25, -0.2) is 0 Å². The minimum Gasteiger partial charge on any atom is -0.481 e. The molecule has 110 valence electrons. The van der Waals surface area contributed by atoms with Crippen molar-refractivity contribution < 1.29 is 14.7 Å². The molecule has 1 saturated carbocycles. The Kier molecular flexibility index (Phi) is 5.21. The summed E-state index contributed by atoms with van der Waals surface area (Å²) in [5, 5.41) is 14.2. The first-order valence-electron chi connectivity index (χ1n) is 6.75. The Morgan fingerprint density at radius 1 is 1.35 bits per heavy atom. The Morgan fingerprint density at radius 3 is 2.60 bits per heavy atom. The largest absolute Gasteiger partial charge is 0.481 e. The number of hydrogen-bond acceptors (Lipinski definition) is 3. The van der Waals surface area contributed by atoms with E-state index in [1.807, 2.05) is 11.4 Å². The molecular formula is C14H18BrNO3S. The summed E-state index contributed by atoms with van der Waals surface area (Å²) in [5.74, 6) is -0.995. The Hall–Kier alpha value is -0.880. The van der Waals surface area contributed by atoms with Crippen molar-refractivity contribution in [2.75, 3.05) is 0 Å². The number of halogens is 1. The Morgan fingerprint density at radius 2 is 2.05 bits per heavy atom. The lowest BCUT2D eigenvalue weighted by molar-refractivity contribution is -0.154. The normalized spacial score (nSPS) is 17.6. The quantitative estimate of drug-likeness (QED) is 0.844. The van der Waals surface area contributed by atoms with Gasteiger partial charge < -0.3 is 10.4 Å². The highest BCUT2D eigenvalue weighted by atomic mass is 79.9. The van der Waals surface area contributed by atoms with Crippen LogP contribution in [0, 0.1) is 5.41 Å². The zero-order valence-corrected chi connectivity index (χ0v) is 13.6. The summed E-state index contributed by atoms with van der Waals surface area (Å²) in [7, 11) is 0. The second-order valence-corrected chi connectivity index (χ2v) is 7.24. The van der Waals surface area contributed by atoms with E-state index in [9.17, 15) is 14.7 Å². The number of hydrogen-bond donors (Lipinski definition) is 2. The van der Waals surface area contributed by atoms with Crippen molar-refractivity contribution in [2.24, 2.45) is 5.41 Å². The summed E-state index contributed by atoms with van der Waals surface area (Å²) in [4.78, 5) is 24.6. The third-order valence-electron chi connectivity index (χ3n) is 3.84. The van der Waals surface area contributed by atoms with Gasteiger partial charge in [-0.2, -0.15) is 0 Å². The number of carboxylic acid groups (broad SMARTS) is 1. The summed E-state index contributed by atoms with van der Waals surface area (Å²) in [5.41, 5.74) is -0.849. The molecule has 0 aliphatic heterocycles. The molecule has 1 aliphatic rings. The van der Waals surface area contributed by atoms with E-state index in [0.29, 0.717) is 19.4 Å². The third-order valence-corrected chi connectivity index (χ3v) is 5.54. The van der Waals surface area contributed by atoms with Crippen LogP contribution in [-0.2, 0) is 16.1 Å². The third kappa shape index (κ3) is 3.82. The molecule has 0 bridgehead atoms. The van der Waals surface area contributed by atoms with Gasteiger partial charge in [-0.3, -0.25) is 9.59 Å². The van der Waals surface area contributed by atoms with Crippen molar-refractivity contribution in [3.63, 3.8) is 0 Å². The molecule has 1 aromatic heterocycles. The molecular weight excluding hydrogens is 342 g/mol. The van der Waals surface area contributed by atoms with Crippen molar-refractivity contribution in [2.45, 2.75) is 45.1 Å². The van der Waals surface area contributed by atoms with Gasteiger partial charge in [0.2, 0.25) is 5.91 Å². The molecule has 1 amide bonds. The number of rotatable bonds is 5. The van der Waals surface area contributed by atoms with Gasteiger partial charge in [-0.1, -0.05) is 19.3 Å². The van der Waals surface area contributed by atoms with Crippen LogP contribution in [0.4, 0.5) is 0 Å². The van der Waals surface area contributed by atoms with Crippen LogP contribution >= 0.6 is 27.3 Å². The second-order valence-electron chi connectivity index (χ2n) is 5.33. The average molecular weight is 360 g/mol. The van der Waals surface area contributed by atoms with Gasteiger partial charge in [0.05, 0.1) is 12.0 Å². The van der Waals surface area contributed by atoms with E-state index in [-0.39, 0.29) is 12.3 Å². The predicted octanol–water partition coefficient (Wildman–Crippen LogP) is 3.55. The zero-order chi connectivity index (χ0) is 14.6. The molecule has 0 aromatic carbocycles. The molecule has 6 heteroatoms. The lowest BCUT2D eigenvalue weighted by Crippen LogP contribution is -2.38. The summed E-state index contributed by atoms with van der Waals surface area (Å²) in [6.07, 6.45) is 4.18. The monoisotopic (exact) mass is 359 g/mol. The Balaban J connectivity index is 1.90. The molecule has 2 N–H and O–H groups in total. The molecule has 1 aliphatic carbocycles. The maximum Gasteiger partial charge on any atom is 0.310 e. The molecule has 1 fully saturated rings. The van der Waals surface area contributed by atoms with Gasteiger partial charge in [0, 0.05) is 21.2 Å². The lowest BCUT2D eigenvalue weighted by atomic mass is 9.71. The molecule has 0 unspecified atom stereocenters. The standard InChI is InChI=1S/C14H18BrNO3S/c15-10-6-11(20-9-10)8-16-12(17)7-14(13(18)19)4-2-1-3-5-14/h6,9H,1-5,7-8H2,(H,16,17)(H,18,19). The molecule has 0 atom stereocenters. The summed E-state index contributed by atoms with van der Waals surface area (Å²) >= 11 is 4.93. The van der Waals surface area contributed by atoms with Gasteiger partial charge >= 0.3 is 5.97 Å². The number of carbonyl (C=O) groups is 2.